The Morgan fingerprint density at radius 2 is 1.49 bits per heavy atom. The first-order valence-electron chi connectivity index (χ1n) is 13.6. The molecule has 9 nitrogen and oxygen atoms in total. The van der Waals surface area contributed by atoms with Crippen molar-refractivity contribution in [2.75, 3.05) is 20.8 Å². The van der Waals surface area contributed by atoms with Gasteiger partial charge in [0.05, 0.1) is 20.8 Å². The lowest BCUT2D eigenvalue weighted by atomic mass is 9.80. The molecule has 4 atom stereocenters. The van der Waals surface area contributed by atoms with Crippen LogP contribution in [0.1, 0.15) is 35.4 Å². The molecule has 2 heterocycles. The van der Waals surface area contributed by atoms with Crippen molar-refractivity contribution in [1.82, 2.24) is 9.55 Å². The number of hydrogen-bond acceptors (Lipinski definition) is 7. The summed E-state index contributed by atoms with van der Waals surface area (Å²) < 4.78 is 39.8. The van der Waals surface area contributed by atoms with Crippen LogP contribution >= 0.6 is 0 Å². The number of aromatic nitrogens is 2. The fourth-order valence-electron chi connectivity index (χ4n) is 5.24. The van der Waals surface area contributed by atoms with E-state index in [0.29, 0.717) is 11.5 Å². The third kappa shape index (κ3) is 5.70. The fraction of sp³-hybridized carbons (Fsp3) is 0.273. The van der Waals surface area contributed by atoms with Gasteiger partial charge in [0.2, 0.25) is 0 Å². The van der Waals surface area contributed by atoms with Gasteiger partial charge in [-0.3, -0.25) is 14.3 Å². The predicted octanol–water partition coefficient (Wildman–Crippen LogP) is 3.53. The minimum Gasteiger partial charge on any atom is -0.497 e. The topological polar surface area (TPSA) is 112 Å². The van der Waals surface area contributed by atoms with Gasteiger partial charge in [-0.2, -0.15) is 0 Å². The molecular formula is C33H31FN2O7. The maximum absolute atomic E-state index is 15.5. The van der Waals surface area contributed by atoms with Gasteiger partial charge >= 0.3 is 5.69 Å². The van der Waals surface area contributed by atoms with Crippen molar-refractivity contribution < 1.29 is 28.4 Å². The summed E-state index contributed by atoms with van der Waals surface area (Å²) in [5, 5.41) is 10.9. The van der Waals surface area contributed by atoms with Crippen LogP contribution in [0.5, 0.6) is 11.5 Å². The van der Waals surface area contributed by atoms with E-state index in [4.69, 9.17) is 18.9 Å². The first-order valence-corrected chi connectivity index (χ1v) is 13.6. The number of nitrogens with one attached hydrogen (secondary N) is 1. The number of nitrogens with zero attached hydrogens (tertiary/aromatic N) is 1. The Balaban J connectivity index is 1.56. The molecule has 3 aromatic carbocycles. The minimum atomic E-state index is -1.99. The number of aliphatic hydroxyl groups is 1. The van der Waals surface area contributed by atoms with E-state index >= 15 is 4.39 Å². The molecule has 0 spiro atoms. The van der Waals surface area contributed by atoms with Crippen LogP contribution in [-0.4, -0.2) is 53.9 Å². The number of H-pyrrole nitrogens is 1. The molecule has 43 heavy (non-hydrogen) atoms. The van der Waals surface area contributed by atoms with E-state index in [1.807, 2.05) is 78.9 Å². The number of aliphatic hydroxyl groups excluding tert-OH is 1. The van der Waals surface area contributed by atoms with Gasteiger partial charge in [-0.25, -0.2) is 9.18 Å². The molecule has 0 unspecified atom stereocenters. The lowest BCUT2D eigenvalue weighted by molar-refractivity contribution is -0.0950. The number of methoxy groups -OCH3 is 2. The van der Waals surface area contributed by atoms with Crippen LogP contribution in [0.4, 0.5) is 4.39 Å². The molecule has 10 heteroatoms. The molecule has 0 amide bonds. The number of benzene rings is 3. The molecule has 0 aliphatic carbocycles. The van der Waals surface area contributed by atoms with E-state index in [1.165, 1.54) is 6.92 Å². The third-order valence-electron chi connectivity index (χ3n) is 7.43. The Bertz CT molecular complexity index is 1680. The normalized spacial score (nSPS) is 19.8. The van der Waals surface area contributed by atoms with Gasteiger partial charge in [-0.05, 0) is 47.9 Å². The van der Waals surface area contributed by atoms with Crippen molar-refractivity contribution in [3.05, 3.63) is 128 Å². The Labute approximate surface area is 247 Å². The number of halogens is 1. The summed E-state index contributed by atoms with van der Waals surface area (Å²) in [4.78, 5) is 26.8. The van der Waals surface area contributed by atoms with Gasteiger partial charge in [-0.1, -0.05) is 60.5 Å². The number of rotatable bonds is 9. The zero-order valence-electron chi connectivity index (χ0n) is 23.8. The van der Waals surface area contributed by atoms with E-state index in [9.17, 15) is 14.7 Å². The van der Waals surface area contributed by atoms with Crippen molar-refractivity contribution in [3.8, 4) is 23.3 Å². The predicted molar refractivity (Wildman–Crippen MR) is 157 cm³/mol. The van der Waals surface area contributed by atoms with Crippen LogP contribution in [0, 0.1) is 11.8 Å². The summed E-state index contributed by atoms with van der Waals surface area (Å²) in [5.74, 6) is 6.47. The van der Waals surface area contributed by atoms with E-state index in [1.54, 1.807) is 14.2 Å². The average molecular weight is 587 g/mol. The van der Waals surface area contributed by atoms with Crippen LogP contribution in [0.2, 0.25) is 0 Å². The summed E-state index contributed by atoms with van der Waals surface area (Å²) in [5.41, 5.74) is -0.597. The van der Waals surface area contributed by atoms with E-state index in [2.05, 4.69) is 16.8 Å². The summed E-state index contributed by atoms with van der Waals surface area (Å²) in [6, 6.07) is 24.2. The van der Waals surface area contributed by atoms with Gasteiger partial charge in [0.1, 0.15) is 34.9 Å². The highest BCUT2D eigenvalue weighted by atomic mass is 19.1. The molecule has 0 bridgehead atoms. The molecule has 1 fully saturated rings. The van der Waals surface area contributed by atoms with Crippen molar-refractivity contribution >= 4 is 0 Å². The van der Waals surface area contributed by atoms with Gasteiger partial charge < -0.3 is 24.1 Å². The van der Waals surface area contributed by atoms with Crippen molar-refractivity contribution in [2.45, 2.75) is 37.1 Å². The highest BCUT2D eigenvalue weighted by Crippen LogP contribution is 2.43. The summed E-state index contributed by atoms with van der Waals surface area (Å²) in [6.45, 7) is 1.27. The van der Waals surface area contributed by atoms with Crippen LogP contribution in [0.3, 0.4) is 0 Å². The highest BCUT2D eigenvalue weighted by molar-refractivity contribution is 5.49. The summed E-state index contributed by atoms with van der Waals surface area (Å²) in [7, 11) is 3.15. The number of ether oxygens (including phenoxy) is 4. The van der Waals surface area contributed by atoms with E-state index in [0.717, 1.165) is 27.5 Å². The lowest BCUT2D eigenvalue weighted by Crippen LogP contribution is -2.39. The smallest absolute Gasteiger partial charge is 0.330 e. The number of alkyl halides is 1. The summed E-state index contributed by atoms with van der Waals surface area (Å²) in [6.07, 6.45) is -5.18. The van der Waals surface area contributed by atoms with Crippen LogP contribution in [0.15, 0.2) is 94.6 Å². The minimum absolute atomic E-state index is 0.0332. The standard InChI is InChI=1S/C33H31FN2O7/c1-4-8-21-19-36(32(39)35-30(21)38)31-28(34)29(37)27(43-31)20-42-33(22-9-6-5-7-10-22,23-11-15-25(40-2)16-12-23)24-13-17-26(41-3)18-14-24/h5-7,9-19,27-29,31,37H,20H2,1-3H3,(H,35,38,39)/t27-,28-,29-,31-/m1/s1. The number of aromatic amines is 1. The fourth-order valence-corrected chi connectivity index (χ4v) is 5.24. The van der Waals surface area contributed by atoms with Crippen LogP contribution in [0.25, 0.3) is 0 Å². The first-order chi connectivity index (χ1) is 20.8. The quantitative estimate of drug-likeness (QED) is 0.228. The maximum atomic E-state index is 15.5. The molecule has 0 radical (unpaired) electrons. The Hall–Kier alpha value is -4.69. The molecule has 222 valence electrons. The molecule has 1 saturated heterocycles. The molecule has 2 N–H and O–H groups in total. The second-order valence-corrected chi connectivity index (χ2v) is 9.90. The zero-order chi connectivity index (χ0) is 30.6. The van der Waals surface area contributed by atoms with Crippen molar-refractivity contribution in [2.24, 2.45) is 0 Å². The SMILES string of the molecule is CC#Cc1cn([C@@H]2O[C@H](COC(c3ccccc3)(c3ccc(OC)cc3)c3ccc(OC)cc3)[C@@H](O)[C@H]2F)c(=O)[nH]c1=O. The molecule has 0 saturated carbocycles. The van der Waals surface area contributed by atoms with Gasteiger partial charge in [0, 0.05) is 6.20 Å². The Morgan fingerprint density at radius 3 is 2.02 bits per heavy atom. The lowest BCUT2D eigenvalue weighted by Gasteiger charge is -2.37. The van der Waals surface area contributed by atoms with E-state index < -0.39 is 41.5 Å². The Kier molecular flexibility index (Phi) is 8.78. The monoisotopic (exact) mass is 586 g/mol. The second kappa shape index (κ2) is 12.7. The van der Waals surface area contributed by atoms with Gasteiger partial charge in [0.15, 0.2) is 12.4 Å². The van der Waals surface area contributed by atoms with Crippen molar-refractivity contribution in [1.29, 1.82) is 0 Å². The van der Waals surface area contributed by atoms with Crippen molar-refractivity contribution in [3.63, 3.8) is 0 Å². The summed E-state index contributed by atoms with van der Waals surface area (Å²) >= 11 is 0. The molecule has 1 aliphatic rings. The van der Waals surface area contributed by atoms with Gasteiger partial charge in [-0.15, -0.1) is 5.92 Å². The third-order valence-corrected chi connectivity index (χ3v) is 7.43. The first kappa shape index (κ1) is 29.8. The highest BCUT2D eigenvalue weighted by Gasteiger charge is 2.48. The van der Waals surface area contributed by atoms with Gasteiger partial charge in [0.25, 0.3) is 5.56 Å². The zero-order valence-corrected chi connectivity index (χ0v) is 23.8. The molecular weight excluding hydrogens is 555 g/mol. The van der Waals surface area contributed by atoms with E-state index in [-0.39, 0.29) is 12.2 Å². The molecule has 4 aromatic rings. The maximum Gasteiger partial charge on any atom is 0.330 e. The largest absolute Gasteiger partial charge is 0.497 e. The van der Waals surface area contributed by atoms with Crippen LogP contribution in [-0.2, 0) is 15.1 Å². The number of hydrogen-bond donors (Lipinski definition) is 2. The molecule has 1 aromatic heterocycles. The molecule has 1 aliphatic heterocycles. The molecule has 5 rings (SSSR count). The average Bonchev–Trinajstić information content (AvgIpc) is 3.32. The Morgan fingerprint density at radius 1 is 0.930 bits per heavy atom. The van der Waals surface area contributed by atoms with Crippen LogP contribution < -0.4 is 20.7 Å². The second-order valence-electron chi connectivity index (χ2n) is 9.90.